The summed E-state index contributed by atoms with van der Waals surface area (Å²) in [5, 5.41) is 7.03. The van der Waals surface area contributed by atoms with E-state index >= 15 is 0 Å². The molecule has 0 aromatic carbocycles. The molecule has 0 rings (SSSR count). The quantitative estimate of drug-likeness (QED) is 0.335. The molecule has 0 spiro atoms. The molecule has 0 aliphatic rings. The van der Waals surface area contributed by atoms with E-state index in [-0.39, 0.29) is 11.5 Å². The molecule has 3 nitrogen and oxygen atoms in total. The molecule has 0 heterocycles. The van der Waals surface area contributed by atoms with Crippen LogP contribution in [0.2, 0.25) is 0 Å². The number of hydrogen-bond donors (Lipinski definition) is 3. The van der Waals surface area contributed by atoms with Gasteiger partial charge in [0.15, 0.2) is 0 Å². The lowest BCUT2D eigenvalue weighted by Crippen LogP contribution is -2.19. The third-order valence-corrected chi connectivity index (χ3v) is 1.61. The molecule has 5 N–H and O–H groups in total. The predicted octanol–water partition coefficient (Wildman–Crippen LogP) is 1.29. The summed E-state index contributed by atoms with van der Waals surface area (Å²) < 4.78 is 0. The first-order valence-electron chi connectivity index (χ1n) is 3.60. The highest BCUT2D eigenvalue weighted by atomic mass is 14.8. The van der Waals surface area contributed by atoms with E-state index < -0.39 is 0 Å². The molecule has 0 amide bonds. The van der Waals surface area contributed by atoms with Gasteiger partial charge in [-0.25, -0.2) is 0 Å². The smallest absolute Gasteiger partial charge is 0.139 e. The van der Waals surface area contributed by atoms with Gasteiger partial charge in [0.25, 0.3) is 0 Å². The zero-order chi connectivity index (χ0) is 9.72. The van der Waals surface area contributed by atoms with Crippen molar-refractivity contribution < 1.29 is 0 Å². The Morgan fingerprint density at radius 2 is 1.75 bits per heavy atom. The Morgan fingerprint density at radius 3 is 2.08 bits per heavy atom. The highest BCUT2D eigenvalue weighted by Crippen LogP contribution is 2.06. The minimum absolute atomic E-state index is 0.105. The lowest BCUT2D eigenvalue weighted by molar-refractivity contribution is 1.31. The summed E-state index contributed by atoms with van der Waals surface area (Å²) in [6.07, 6.45) is 3.40. The van der Waals surface area contributed by atoms with Crippen LogP contribution in [-0.2, 0) is 0 Å². The lowest BCUT2D eigenvalue weighted by Gasteiger charge is -2.00. The van der Waals surface area contributed by atoms with Crippen molar-refractivity contribution in [3.63, 3.8) is 0 Å². The molecule has 0 aromatic rings. The van der Waals surface area contributed by atoms with Gasteiger partial charge >= 0.3 is 0 Å². The van der Waals surface area contributed by atoms with Gasteiger partial charge < -0.3 is 11.5 Å². The number of rotatable bonds is 3. The molecule has 0 aliphatic heterocycles. The van der Waals surface area contributed by atoms with Gasteiger partial charge in [-0.15, -0.1) is 0 Å². The first kappa shape index (κ1) is 10.5. The Hall–Kier alpha value is -1.51. The fraction of sp³-hybridized carbons (Fsp3) is 0.222. The number of nitrogens with one attached hydrogen (secondary N) is 1. The lowest BCUT2D eigenvalue weighted by atomic mass is 10.1. The van der Waals surface area contributed by atoms with Crippen molar-refractivity contribution in [2.75, 3.05) is 0 Å². The molecular formula is C9H15N3. The van der Waals surface area contributed by atoms with Crippen molar-refractivity contribution in [1.29, 1.82) is 5.41 Å². The fourth-order valence-electron chi connectivity index (χ4n) is 0.586. The van der Waals surface area contributed by atoms with Crippen LogP contribution in [0.4, 0.5) is 0 Å². The van der Waals surface area contributed by atoms with Gasteiger partial charge in [0, 0.05) is 0 Å². The zero-order valence-corrected chi connectivity index (χ0v) is 7.52. The minimum Gasteiger partial charge on any atom is -0.396 e. The molecule has 0 saturated heterocycles. The minimum atomic E-state index is -0.105. The van der Waals surface area contributed by atoms with E-state index in [0.717, 1.165) is 11.1 Å². The Labute approximate surface area is 73.0 Å². The molecule has 0 radical (unpaired) electrons. The predicted molar refractivity (Wildman–Crippen MR) is 52.8 cm³/mol. The molecule has 0 unspecified atom stereocenters. The summed E-state index contributed by atoms with van der Waals surface area (Å²) in [6.45, 7) is 7.44. The van der Waals surface area contributed by atoms with E-state index in [2.05, 4.69) is 6.58 Å². The molecule has 66 valence electrons. The highest BCUT2D eigenvalue weighted by Gasteiger charge is 1.94. The Balaban J connectivity index is 4.76. The first-order chi connectivity index (χ1) is 5.49. The van der Waals surface area contributed by atoms with Gasteiger partial charge in [-0.3, -0.25) is 5.41 Å². The first-order valence-corrected chi connectivity index (χ1v) is 3.60. The van der Waals surface area contributed by atoms with E-state index in [0.29, 0.717) is 0 Å². The zero-order valence-electron chi connectivity index (χ0n) is 7.52. The summed E-state index contributed by atoms with van der Waals surface area (Å²) in [6, 6.07) is 0. The van der Waals surface area contributed by atoms with E-state index in [4.69, 9.17) is 16.9 Å². The van der Waals surface area contributed by atoms with Crippen LogP contribution in [0.3, 0.4) is 0 Å². The number of hydrogen-bond acceptors (Lipinski definition) is 2. The van der Waals surface area contributed by atoms with Crippen LogP contribution in [0.15, 0.2) is 35.6 Å². The molecule has 3 heteroatoms. The maximum atomic E-state index is 7.03. The molecule has 0 saturated carbocycles. The number of nitrogens with two attached hydrogens (primary N) is 2. The van der Waals surface area contributed by atoms with E-state index in [1.165, 1.54) is 0 Å². The summed E-state index contributed by atoms with van der Waals surface area (Å²) >= 11 is 0. The Kier molecular flexibility index (Phi) is 3.83. The van der Waals surface area contributed by atoms with Gasteiger partial charge in [-0.2, -0.15) is 0 Å². The van der Waals surface area contributed by atoms with Crippen molar-refractivity contribution in [3.8, 4) is 0 Å². The summed E-state index contributed by atoms with van der Waals surface area (Å²) in [7, 11) is 0. The summed E-state index contributed by atoms with van der Waals surface area (Å²) in [5.74, 6) is -0.105. The molecular weight excluding hydrogens is 150 g/mol. The van der Waals surface area contributed by atoms with Crippen molar-refractivity contribution in [2.24, 2.45) is 11.5 Å². The van der Waals surface area contributed by atoms with Crippen LogP contribution in [0.1, 0.15) is 13.8 Å². The van der Waals surface area contributed by atoms with Crippen LogP contribution in [0.25, 0.3) is 0 Å². The largest absolute Gasteiger partial charge is 0.396 e. The third kappa shape index (κ3) is 3.05. The second-order valence-electron chi connectivity index (χ2n) is 2.58. The SMILES string of the molecule is C=C/C(C)=C(C)/C=C(\N)C(=N)N. The van der Waals surface area contributed by atoms with Crippen LogP contribution in [-0.4, -0.2) is 5.84 Å². The maximum absolute atomic E-state index is 7.03. The highest BCUT2D eigenvalue weighted by molar-refractivity contribution is 5.93. The fourth-order valence-corrected chi connectivity index (χ4v) is 0.586. The molecule has 0 atom stereocenters. The second-order valence-corrected chi connectivity index (χ2v) is 2.58. The molecule has 12 heavy (non-hydrogen) atoms. The van der Waals surface area contributed by atoms with Crippen LogP contribution in [0.5, 0.6) is 0 Å². The van der Waals surface area contributed by atoms with Crippen LogP contribution >= 0.6 is 0 Å². The van der Waals surface area contributed by atoms with Crippen molar-refractivity contribution in [1.82, 2.24) is 0 Å². The average Bonchev–Trinajstić information content (AvgIpc) is 2.02. The molecule has 0 aliphatic carbocycles. The van der Waals surface area contributed by atoms with E-state index in [9.17, 15) is 0 Å². The second kappa shape index (κ2) is 4.38. The van der Waals surface area contributed by atoms with Crippen molar-refractivity contribution in [2.45, 2.75) is 13.8 Å². The maximum Gasteiger partial charge on any atom is 0.139 e. The normalized spacial score (nSPS) is 13.7. The van der Waals surface area contributed by atoms with Gasteiger partial charge in [0.1, 0.15) is 5.84 Å². The van der Waals surface area contributed by atoms with Crippen molar-refractivity contribution >= 4 is 5.84 Å². The Bertz CT molecular complexity index is 259. The summed E-state index contributed by atoms with van der Waals surface area (Å²) in [4.78, 5) is 0. The van der Waals surface area contributed by atoms with E-state index in [1.807, 2.05) is 13.8 Å². The third-order valence-electron chi connectivity index (χ3n) is 1.61. The molecule has 0 fully saturated rings. The van der Waals surface area contributed by atoms with Crippen molar-refractivity contribution in [3.05, 3.63) is 35.6 Å². The Morgan fingerprint density at radius 1 is 1.25 bits per heavy atom. The van der Waals surface area contributed by atoms with Gasteiger partial charge in [0.05, 0.1) is 5.70 Å². The topological polar surface area (TPSA) is 75.9 Å². The summed E-state index contributed by atoms with van der Waals surface area (Å²) in [5.41, 5.74) is 12.9. The monoisotopic (exact) mass is 165 g/mol. The molecule has 0 bridgehead atoms. The average molecular weight is 165 g/mol. The van der Waals surface area contributed by atoms with Gasteiger partial charge in [-0.05, 0) is 31.1 Å². The number of amidine groups is 1. The van der Waals surface area contributed by atoms with Crippen LogP contribution in [0, 0.1) is 5.41 Å². The van der Waals surface area contributed by atoms with Crippen LogP contribution < -0.4 is 11.5 Å². The van der Waals surface area contributed by atoms with Gasteiger partial charge in [-0.1, -0.05) is 12.7 Å². The van der Waals surface area contributed by atoms with Gasteiger partial charge in [0.2, 0.25) is 0 Å². The standard InChI is InChI=1S/C9H15N3/c1-4-6(2)7(3)5-8(10)9(11)12/h4-5H,1,10H2,2-3H3,(H3,11,12)/b7-6+,8-5-. The molecule has 0 aromatic heterocycles. The van der Waals surface area contributed by atoms with E-state index in [1.54, 1.807) is 12.2 Å². The number of allylic oxidation sites excluding steroid dienone is 4.